The van der Waals surface area contributed by atoms with Gasteiger partial charge in [-0.25, -0.2) is 4.79 Å². The summed E-state index contributed by atoms with van der Waals surface area (Å²) in [5.41, 5.74) is 1.84. The molecule has 3 unspecified atom stereocenters. The van der Waals surface area contributed by atoms with Gasteiger partial charge in [0, 0.05) is 33.7 Å². The largest absolute Gasteiger partial charge is 0.480 e. The van der Waals surface area contributed by atoms with Crippen LogP contribution in [0, 0.1) is 36.5 Å². The van der Waals surface area contributed by atoms with E-state index in [4.69, 9.17) is 9.47 Å². The molecule has 4 amide bonds. The Kier molecular flexibility index (Phi) is 18.8. The standard InChI is InChI=1S/C42H71N5O8/c1-15-26(7)37(46(12)41(51)36(24(4)5)45-40(50)35(43-11)23(2)3)33(54-13)22-34(48)47-29(10)27(8)20-32(47)38(55-14)28(9)39(49)44-31(42(52)53)21-30-18-16-25(6)17-19-30/h16-19,23-24,26-29,31-33,35-38,43H,15,20-22H2,1-14H3,(H,44,49)(H,45,50)(H,52,53)/t26-,27-,28+,29?,31?,32-,33+,35?,36-,37-,38+/m0/s1. The second-order valence-corrected chi connectivity index (χ2v) is 16.4. The van der Waals surface area contributed by atoms with Gasteiger partial charge in [-0.1, -0.05) is 91.6 Å². The molecule has 11 atom stereocenters. The van der Waals surface area contributed by atoms with Gasteiger partial charge in [0.25, 0.3) is 0 Å². The van der Waals surface area contributed by atoms with Gasteiger partial charge < -0.3 is 40.3 Å². The molecule has 1 heterocycles. The molecule has 1 aromatic rings. The fourth-order valence-electron chi connectivity index (χ4n) is 8.03. The second kappa shape index (κ2) is 21.7. The van der Waals surface area contributed by atoms with E-state index < -0.39 is 60.2 Å². The molecular formula is C42H71N5O8. The molecule has 13 nitrogen and oxygen atoms in total. The van der Waals surface area contributed by atoms with Crippen LogP contribution in [0.1, 0.15) is 92.7 Å². The smallest absolute Gasteiger partial charge is 0.326 e. The molecule has 1 aliphatic rings. The summed E-state index contributed by atoms with van der Waals surface area (Å²) in [4.78, 5) is 71.3. The molecule has 0 aromatic heterocycles. The summed E-state index contributed by atoms with van der Waals surface area (Å²) in [5, 5.41) is 18.7. The van der Waals surface area contributed by atoms with Crippen molar-refractivity contribution in [2.24, 2.45) is 29.6 Å². The van der Waals surface area contributed by atoms with Crippen LogP contribution in [0.3, 0.4) is 0 Å². The van der Waals surface area contributed by atoms with Crippen LogP contribution in [0.5, 0.6) is 0 Å². The van der Waals surface area contributed by atoms with Crippen LogP contribution in [0.4, 0.5) is 0 Å². The van der Waals surface area contributed by atoms with Gasteiger partial charge in [0.1, 0.15) is 12.1 Å². The van der Waals surface area contributed by atoms with Gasteiger partial charge in [-0.2, -0.15) is 0 Å². The van der Waals surface area contributed by atoms with Gasteiger partial charge in [0.15, 0.2) is 0 Å². The maximum absolute atomic E-state index is 14.5. The van der Waals surface area contributed by atoms with Crippen molar-refractivity contribution in [3.63, 3.8) is 0 Å². The zero-order valence-electron chi connectivity index (χ0n) is 35.8. The van der Waals surface area contributed by atoms with Crippen molar-refractivity contribution in [2.45, 2.75) is 143 Å². The van der Waals surface area contributed by atoms with Gasteiger partial charge in [0.05, 0.1) is 42.7 Å². The third-order valence-corrected chi connectivity index (χ3v) is 11.8. The summed E-state index contributed by atoms with van der Waals surface area (Å²) in [6.45, 7) is 19.4. The van der Waals surface area contributed by atoms with Crippen molar-refractivity contribution < 1.29 is 38.6 Å². The maximum Gasteiger partial charge on any atom is 0.326 e. The van der Waals surface area contributed by atoms with Gasteiger partial charge in [-0.3, -0.25) is 19.2 Å². The highest BCUT2D eigenvalue weighted by atomic mass is 16.5. The van der Waals surface area contributed by atoms with Gasteiger partial charge in [-0.15, -0.1) is 0 Å². The quantitative estimate of drug-likeness (QED) is 0.144. The normalized spacial score (nSPS) is 21.6. The molecule has 1 fully saturated rings. The Hall–Kier alpha value is -3.55. The molecule has 1 saturated heterocycles. The predicted molar refractivity (Wildman–Crippen MR) is 214 cm³/mol. The van der Waals surface area contributed by atoms with E-state index in [2.05, 4.69) is 22.9 Å². The Balaban J connectivity index is 2.36. The minimum atomic E-state index is -1.14. The molecule has 55 heavy (non-hydrogen) atoms. The average molecular weight is 774 g/mol. The lowest BCUT2D eigenvalue weighted by Gasteiger charge is -2.41. The van der Waals surface area contributed by atoms with Crippen molar-refractivity contribution >= 4 is 29.6 Å². The molecule has 13 heteroatoms. The van der Waals surface area contributed by atoms with Crippen molar-refractivity contribution in [3.05, 3.63) is 35.4 Å². The first-order chi connectivity index (χ1) is 25.7. The van der Waals surface area contributed by atoms with Gasteiger partial charge >= 0.3 is 5.97 Å². The summed E-state index contributed by atoms with van der Waals surface area (Å²) in [7, 11) is 6.48. The first-order valence-electron chi connectivity index (χ1n) is 20.0. The number of likely N-dealkylation sites (N-methyl/N-ethyl adjacent to an activating group) is 2. The lowest BCUT2D eigenvalue weighted by Crippen LogP contribution is -2.60. The van der Waals surface area contributed by atoms with Crippen LogP contribution in [0.2, 0.25) is 0 Å². The van der Waals surface area contributed by atoms with E-state index >= 15 is 0 Å². The predicted octanol–water partition coefficient (Wildman–Crippen LogP) is 4.05. The highest BCUT2D eigenvalue weighted by molar-refractivity contribution is 5.90. The molecule has 0 radical (unpaired) electrons. The fraction of sp³-hybridized carbons (Fsp3) is 0.738. The Morgan fingerprint density at radius 2 is 1.49 bits per heavy atom. The minimum absolute atomic E-state index is 0.0164. The molecule has 2 rings (SSSR count). The number of aryl methyl sites for hydroxylation is 1. The summed E-state index contributed by atoms with van der Waals surface area (Å²) >= 11 is 0. The number of carbonyl (C=O) groups is 5. The molecule has 0 spiro atoms. The number of aliphatic carboxylic acids is 1. The number of nitrogens with one attached hydrogen (secondary N) is 3. The number of nitrogens with zero attached hydrogens (tertiary/aromatic N) is 2. The van der Waals surface area contributed by atoms with Crippen LogP contribution >= 0.6 is 0 Å². The molecule has 0 aliphatic carbocycles. The van der Waals surface area contributed by atoms with Crippen molar-refractivity contribution in [3.8, 4) is 0 Å². The first-order valence-corrected chi connectivity index (χ1v) is 20.0. The monoisotopic (exact) mass is 774 g/mol. The van der Waals surface area contributed by atoms with E-state index in [0.717, 1.165) is 11.1 Å². The van der Waals surface area contributed by atoms with Crippen molar-refractivity contribution in [1.82, 2.24) is 25.8 Å². The van der Waals surface area contributed by atoms with Gasteiger partial charge in [0.2, 0.25) is 23.6 Å². The Labute approximate surface area is 330 Å². The topological polar surface area (TPSA) is 167 Å². The lowest BCUT2D eigenvalue weighted by atomic mass is 9.89. The van der Waals surface area contributed by atoms with Crippen LogP contribution < -0.4 is 16.0 Å². The number of methoxy groups -OCH3 is 2. The zero-order chi connectivity index (χ0) is 41.9. The summed E-state index contributed by atoms with van der Waals surface area (Å²) in [6.07, 6.45) is -0.00538. The molecule has 1 aliphatic heterocycles. The van der Waals surface area contributed by atoms with E-state index in [1.165, 1.54) is 7.11 Å². The number of benzene rings is 1. The summed E-state index contributed by atoms with van der Waals surface area (Å²) < 4.78 is 12.0. The van der Waals surface area contributed by atoms with Crippen molar-refractivity contribution in [2.75, 3.05) is 28.3 Å². The number of amides is 4. The van der Waals surface area contributed by atoms with E-state index in [1.807, 2.05) is 79.7 Å². The Bertz CT molecular complexity index is 1420. The summed E-state index contributed by atoms with van der Waals surface area (Å²) in [6, 6.07) is 3.97. The number of carbonyl (C=O) groups excluding carboxylic acids is 4. The second-order valence-electron chi connectivity index (χ2n) is 16.4. The fourth-order valence-corrected chi connectivity index (χ4v) is 8.03. The van der Waals surface area contributed by atoms with Crippen molar-refractivity contribution in [1.29, 1.82) is 0 Å². The highest BCUT2D eigenvalue weighted by Gasteiger charge is 2.47. The highest BCUT2D eigenvalue weighted by Crippen LogP contribution is 2.36. The molecular weight excluding hydrogens is 702 g/mol. The van der Waals surface area contributed by atoms with Crippen LogP contribution in [-0.4, -0.2) is 121 Å². The van der Waals surface area contributed by atoms with E-state index in [1.54, 1.807) is 37.9 Å². The number of rotatable bonds is 21. The Morgan fingerprint density at radius 1 is 0.909 bits per heavy atom. The van der Waals surface area contributed by atoms with E-state index in [-0.39, 0.29) is 60.3 Å². The number of carboxylic acids is 1. The molecule has 4 N–H and O–H groups in total. The molecule has 0 saturated carbocycles. The van der Waals surface area contributed by atoms with E-state index in [9.17, 15) is 29.1 Å². The molecule has 1 aromatic carbocycles. The number of ether oxygens (including phenoxy) is 2. The molecule has 0 bridgehead atoms. The van der Waals surface area contributed by atoms with Crippen LogP contribution in [0.15, 0.2) is 24.3 Å². The minimum Gasteiger partial charge on any atom is -0.480 e. The summed E-state index contributed by atoms with van der Waals surface area (Å²) in [5.74, 6) is -3.24. The maximum atomic E-state index is 14.5. The Morgan fingerprint density at radius 3 is 1.96 bits per heavy atom. The average Bonchev–Trinajstić information content (AvgIpc) is 3.42. The van der Waals surface area contributed by atoms with Crippen LogP contribution in [0.25, 0.3) is 0 Å². The lowest BCUT2D eigenvalue weighted by molar-refractivity contribution is -0.149. The van der Waals surface area contributed by atoms with Crippen LogP contribution in [-0.2, 0) is 39.9 Å². The SMILES string of the molecule is CC[C@H](C)[C@@H]([C@@H](CC(=O)N1C(C)[C@@H](C)C[C@H]1[C@H](OC)[C@@H](C)C(=O)NC(Cc1ccc(C)cc1)C(=O)O)OC)N(C)C(=O)[C@@H](NC(=O)C(NC)C(C)C)C(C)C. The molecule has 312 valence electrons. The number of hydrogen-bond acceptors (Lipinski definition) is 8. The van der Waals surface area contributed by atoms with Gasteiger partial charge in [-0.05, 0) is 56.6 Å². The number of carboxylic acid groups (broad SMARTS) is 1. The van der Waals surface area contributed by atoms with E-state index in [0.29, 0.717) is 12.8 Å². The number of hydrogen-bond donors (Lipinski definition) is 4. The zero-order valence-corrected chi connectivity index (χ0v) is 35.8. The third kappa shape index (κ3) is 12.2. The number of likely N-dealkylation sites (tertiary alicyclic amines) is 1. The first kappa shape index (κ1) is 47.6. The third-order valence-electron chi connectivity index (χ3n) is 11.8.